The van der Waals surface area contributed by atoms with Gasteiger partial charge in [0.1, 0.15) is 29.0 Å². The Labute approximate surface area is 393 Å². The minimum atomic E-state index is -0.935. The molecule has 15 nitrogen and oxygen atoms in total. The van der Waals surface area contributed by atoms with Crippen molar-refractivity contribution in [2.45, 2.75) is 111 Å². The number of aliphatic hydroxyl groups is 1. The zero-order valence-electron chi connectivity index (χ0n) is 39.0. The number of aryl methyl sites for hydroxylation is 3. The SMILES string of the molecule is COC(=O)C[C@@H]1N=C(c2ccc(N3CCCC(C(=O)N[C@H](C(=O)N4C[C@H](O)C[C@H]4C(=O)N[C@@H](C)c4ccc(-c5scnc5C)cc4)C(C)(C)C)C3)cc2)c2c(sc(C)c2C)-n2c(C)nnc21. The highest BCUT2D eigenvalue weighted by Crippen LogP contribution is 2.40. The first-order valence-corrected chi connectivity index (χ1v) is 24.2. The monoisotopic (exact) mass is 933 g/mol. The van der Waals surface area contributed by atoms with Gasteiger partial charge in [0.25, 0.3) is 0 Å². The molecule has 0 spiro atoms. The van der Waals surface area contributed by atoms with Gasteiger partial charge in [-0.2, -0.15) is 0 Å². The van der Waals surface area contributed by atoms with Crippen molar-refractivity contribution in [1.29, 1.82) is 0 Å². The van der Waals surface area contributed by atoms with Gasteiger partial charge in [-0.05, 0) is 81.7 Å². The molecule has 3 N–H and O–H groups in total. The summed E-state index contributed by atoms with van der Waals surface area (Å²) < 4.78 is 7.06. The highest BCUT2D eigenvalue weighted by Gasteiger charge is 2.45. The van der Waals surface area contributed by atoms with E-state index in [1.54, 1.807) is 22.7 Å². The van der Waals surface area contributed by atoms with E-state index in [4.69, 9.17) is 9.73 Å². The predicted octanol–water partition coefficient (Wildman–Crippen LogP) is 6.73. The second-order valence-corrected chi connectivity index (χ2v) is 20.9. The number of aliphatic hydroxyl groups excluding tert-OH is 1. The van der Waals surface area contributed by atoms with Crippen molar-refractivity contribution in [3.05, 3.63) is 98.5 Å². The van der Waals surface area contributed by atoms with Crippen LogP contribution in [0.4, 0.5) is 5.69 Å². The molecule has 3 aliphatic heterocycles. The molecule has 0 saturated carbocycles. The molecule has 0 aliphatic carbocycles. The number of methoxy groups -OCH3 is 1. The Kier molecular flexibility index (Phi) is 13.3. The standard InChI is InChI=1S/C49H59N9O6S2/c1-26-29(4)66-48-40(26)41(52-37(22-39(60)64-9)44-55-54-30(5)58(44)48)32-16-18-35(19-17-32)56-20-10-11-34(23-56)45(61)53-43(49(6,7)8)47(63)57-24-36(59)21-38(57)46(62)51-27(2)31-12-14-33(15-13-31)42-28(3)50-25-65-42/h12-19,25,27,34,36-38,43,59H,10-11,20-24H2,1-9H3,(H,51,62)(H,53,61)/t27-,34?,36+,37-,38-,43+/m0/s1. The predicted molar refractivity (Wildman–Crippen MR) is 256 cm³/mol. The average Bonchev–Trinajstić information content (AvgIpc) is 4.07. The number of likely N-dealkylation sites (tertiary alicyclic amines) is 1. The molecular formula is C49H59N9O6S2. The van der Waals surface area contributed by atoms with Gasteiger partial charge >= 0.3 is 5.97 Å². The van der Waals surface area contributed by atoms with E-state index in [0.717, 1.165) is 72.6 Å². The number of nitrogens with zero attached hydrogens (tertiary/aromatic N) is 7. The van der Waals surface area contributed by atoms with E-state index in [-0.39, 0.29) is 43.2 Å². The number of thiazole rings is 1. The van der Waals surface area contributed by atoms with Gasteiger partial charge in [-0.1, -0.05) is 57.2 Å². The molecule has 3 aromatic heterocycles. The zero-order chi connectivity index (χ0) is 47.2. The molecule has 6 heterocycles. The number of aliphatic imine (C=N–C) groups is 1. The van der Waals surface area contributed by atoms with Crippen LogP contribution in [-0.2, 0) is 23.9 Å². The number of nitrogens with one attached hydrogen (secondary N) is 2. The van der Waals surface area contributed by atoms with Crippen LogP contribution in [0.1, 0.15) is 110 Å². The van der Waals surface area contributed by atoms with Crippen molar-refractivity contribution in [2.75, 3.05) is 31.6 Å². The molecule has 2 aromatic carbocycles. The highest BCUT2D eigenvalue weighted by atomic mass is 32.1. The van der Waals surface area contributed by atoms with Crippen LogP contribution in [-0.4, -0.2) is 104 Å². The number of thiophene rings is 1. The van der Waals surface area contributed by atoms with E-state index >= 15 is 0 Å². The van der Waals surface area contributed by atoms with E-state index in [9.17, 15) is 24.3 Å². The molecule has 2 fully saturated rings. The maximum Gasteiger partial charge on any atom is 0.308 e. The largest absolute Gasteiger partial charge is 0.469 e. The Bertz CT molecular complexity index is 2660. The fourth-order valence-electron chi connectivity index (χ4n) is 9.30. The lowest BCUT2D eigenvalue weighted by atomic mass is 9.84. The van der Waals surface area contributed by atoms with Gasteiger partial charge in [0.05, 0.1) is 53.4 Å². The van der Waals surface area contributed by atoms with Crippen molar-refractivity contribution in [3.8, 4) is 15.4 Å². The number of carbonyl (C=O) groups is 4. The number of ether oxygens (including phenoxy) is 1. The molecule has 0 radical (unpaired) electrons. The van der Waals surface area contributed by atoms with Gasteiger partial charge in [-0.3, -0.25) is 28.7 Å². The summed E-state index contributed by atoms with van der Waals surface area (Å²) in [5.41, 5.74) is 8.74. The number of benzene rings is 2. The van der Waals surface area contributed by atoms with Crippen molar-refractivity contribution in [1.82, 2.24) is 35.3 Å². The number of hydrogen-bond acceptors (Lipinski definition) is 13. The first-order valence-electron chi connectivity index (χ1n) is 22.6. The number of esters is 1. The molecule has 1 unspecified atom stereocenters. The minimum absolute atomic E-state index is 0.00396. The Morgan fingerprint density at radius 1 is 0.939 bits per heavy atom. The van der Waals surface area contributed by atoms with Gasteiger partial charge < -0.3 is 30.3 Å². The Morgan fingerprint density at radius 2 is 1.65 bits per heavy atom. The topological polar surface area (TPSA) is 184 Å². The van der Waals surface area contributed by atoms with Crippen LogP contribution in [0.15, 0.2) is 59.0 Å². The molecule has 3 aliphatic rings. The van der Waals surface area contributed by atoms with E-state index < -0.39 is 41.5 Å². The van der Waals surface area contributed by atoms with Crippen molar-refractivity contribution < 1.29 is 29.0 Å². The van der Waals surface area contributed by atoms with Crippen molar-refractivity contribution >= 4 is 57.8 Å². The molecule has 5 aromatic rings. The summed E-state index contributed by atoms with van der Waals surface area (Å²) in [7, 11) is 1.37. The molecule has 0 bridgehead atoms. The van der Waals surface area contributed by atoms with Crippen LogP contribution >= 0.6 is 22.7 Å². The smallest absolute Gasteiger partial charge is 0.308 e. The summed E-state index contributed by atoms with van der Waals surface area (Å²) in [5, 5.41) is 26.8. The zero-order valence-corrected chi connectivity index (χ0v) is 40.7. The number of carbonyl (C=O) groups excluding carboxylic acids is 4. The van der Waals surface area contributed by atoms with E-state index in [0.29, 0.717) is 24.6 Å². The number of aromatic nitrogens is 4. The second kappa shape index (κ2) is 18.8. The van der Waals surface area contributed by atoms with Crippen molar-refractivity contribution in [3.63, 3.8) is 0 Å². The first-order chi connectivity index (χ1) is 31.4. The van der Waals surface area contributed by atoms with Crippen molar-refractivity contribution in [2.24, 2.45) is 16.3 Å². The Hall–Kier alpha value is -5.78. The van der Waals surface area contributed by atoms with E-state index in [1.165, 1.54) is 12.0 Å². The Balaban J connectivity index is 0.954. The average molecular weight is 934 g/mol. The molecule has 348 valence electrons. The number of anilines is 1. The molecular weight excluding hydrogens is 875 g/mol. The third-order valence-electron chi connectivity index (χ3n) is 13.2. The first kappa shape index (κ1) is 46.7. The molecule has 2 saturated heterocycles. The number of fused-ring (bicyclic) bond motifs is 3. The summed E-state index contributed by atoms with van der Waals surface area (Å²) in [6.07, 6.45) is 0.674. The van der Waals surface area contributed by atoms with Crippen LogP contribution in [0, 0.1) is 39.0 Å². The lowest BCUT2D eigenvalue weighted by molar-refractivity contribution is -0.144. The second-order valence-electron chi connectivity index (χ2n) is 18.8. The summed E-state index contributed by atoms with van der Waals surface area (Å²) in [6.45, 7) is 16.8. The molecule has 66 heavy (non-hydrogen) atoms. The lowest BCUT2D eigenvalue weighted by Gasteiger charge is -2.38. The summed E-state index contributed by atoms with van der Waals surface area (Å²) >= 11 is 3.23. The fourth-order valence-corrected chi connectivity index (χ4v) is 11.3. The normalized spacial score (nSPS) is 20.4. The number of hydrogen-bond donors (Lipinski definition) is 3. The van der Waals surface area contributed by atoms with E-state index in [1.807, 2.05) is 100 Å². The minimum Gasteiger partial charge on any atom is -0.469 e. The summed E-state index contributed by atoms with van der Waals surface area (Å²) in [5.74, 6) is -0.446. The number of piperidine rings is 1. The molecule has 8 rings (SSSR count). The highest BCUT2D eigenvalue weighted by molar-refractivity contribution is 7.15. The number of β-amino-alcohol motifs (C(OH)–C–C–N with tert-alkyl or cyclic N) is 1. The van der Waals surface area contributed by atoms with Gasteiger partial charge in [-0.15, -0.1) is 32.9 Å². The number of amides is 3. The quantitative estimate of drug-likeness (QED) is 0.120. The van der Waals surface area contributed by atoms with Crippen LogP contribution in [0.25, 0.3) is 15.4 Å². The van der Waals surface area contributed by atoms with E-state index in [2.05, 4.69) is 44.6 Å². The van der Waals surface area contributed by atoms with Gasteiger partial charge in [0.15, 0.2) is 5.82 Å². The van der Waals surface area contributed by atoms with Gasteiger partial charge in [0.2, 0.25) is 17.7 Å². The summed E-state index contributed by atoms with van der Waals surface area (Å²) in [4.78, 5) is 70.6. The van der Waals surface area contributed by atoms with Crippen LogP contribution in [0.2, 0.25) is 0 Å². The van der Waals surface area contributed by atoms with Crippen LogP contribution in [0.3, 0.4) is 0 Å². The molecule has 6 atom stereocenters. The maximum absolute atomic E-state index is 14.5. The Morgan fingerprint density at radius 3 is 2.32 bits per heavy atom. The van der Waals surface area contributed by atoms with Crippen LogP contribution in [0.5, 0.6) is 0 Å². The summed E-state index contributed by atoms with van der Waals surface area (Å²) in [6, 6.07) is 13.4. The molecule has 3 amide bonds. The number of rotatable bonds is 11. The van der Waals surface area contributed by atoms with Crippen LogP contribution < -0.4 is 15.5 Å². The van der Waals surface area contributed by atoms with Gasteiger partial charge in [-0.25, -0.2) is 4.98 Å². The third-order valence-corrected chi connectivity index (χ3v) is 15.3. The lowest BCUT2D eigenvalue weighted by Crippen LogP contribution is -2.59. The fraction of sp³-hybridized carbons (Fsp3) is 0.469. The van der Waals surface area contributed by atoms with Gasteiger partial charge in [0, 0.05) is 47.7 Å². The molecule has 17 heteroatoms. The third kappa shape index (κ3) is 9.29. The maximum atomic E-state index is 14.5.